The van der Waals surface area contributed by atoms with Gasteiger partial charge in [-0.05, 0) is 55.8 Å². The minimum absolute atomic E-state index is 0.0260. The van der Waals surface area contributed by atoms with Crippen LogP contribution in [0.3, 0.4) is 0 Å². The molecule has 0 aromatic heterocycles. The third kappa shape index (κ3) is 4.11. The molecule has 4 nitrogen and oxygen atoms in total. The van der Waals surface area contributed by atoms with Crippen molar-refractivity contribution in [2.75, 3.05) is 13.1 Å². The molecule has 1 heterocycles. The molecule has 154 valence electrons. The van der Waals surface area contributed by atoms with Crippen LogP contribution in [0.25, 0.3) is 0 Å². The molecule has 28 heavy (non-hydrogen) atoms. The van der Waals surface area contributed by atoms with Crippen molar-refractivity contribution in [1.82, 2.24) is 10.6 Å². The van der Waals surface area contributed by atoms with E-state index in [2.05, 4.69) is 10.6 Å². The Morgan fingerprint density at radius 1 is 1.29 bits per heavy atom. The Balaban J connectivity index is 1.51. The van der Waals surface area contributed by atoms with Gasteiger partial charge in [0.05, 0.1) is 5.56 Å². The van der Waals surface area contributed by atoms with Crippen LogP contribution in [0.2, 0.25) is 0 Å². The number of amides is 1. The molecule has 4 rings (SSSR count). The number of ether oxygens (including phenoxy) is 1. The number of alkyl halides is 3. The third-order valence-electron chi connectivity index (χ3n) is 6.05. The van der Waals surface area contributed by atoms with Gasteiger partial charge in [0.2, 0.25) is 0 Å². The van der Waals surface area contributed by atoms with Crippen molar-refractivity contribution in [3.05, 3.63) is 35.1 Å². The van der Waals surface area contributed by atoms with Crippen LogP contribution < -0.4 is 10.6 Å². The van der Waals surface area contributed by atoms with Gasteiger partial charge in [0, 0.05) is 18.5 Å². The quantitative estimate of drug-likeness (QED) is 0.699. The molecule has 1 aliphatic heterocycles. The van der Waals surface area contributed by atoms with E-state index in [0.29, 0.717) is 18.9 Å². The molecule has 2 N–H and O–H groups in total. The molecule has 3 fully saturated rings. The number of hydrogen-bond acceptors (Lipinski definition) is 3. The van der Waals surface area contributed by atoms with Gasteiger partial charge in [-0.3, -0.25) is 0 Å². The number of benzene rings is 1. The Bertz CT molecular complexity index is 744. The molecule has 0 radical (unpaired) electrons. The van der Waals surface area contributed by atoms with E-state index in [4.69, 9.17) is 4.74 Å². The smallest absolute Gasteiger partial charge is 0.419 e. The number of carbonyl (C=O) groups is 1. The maximum absolute atomic E-state index is 13.7. The summed E-state index contributed by atoms with van der Waals surface area (Å²) in [6.45, 7) is 1.32. The largest absolute Gasteiger partial charge is 0.438 e. The summed E-state index contributed by atoms with van der Waals surface area (Å²) in [6.07, 6.45) is 0.0702. The minimum atomic E-state index is -4.79. The van der Waals surface area contributed by atoms with Crippen molar-refractivity contribution < 1.29 is 27.1 Å². The van der Waals surface area contributed by atoms with Crippen molar-refractivity contribution in [1.29, 1.82) is 0 Å². The first-order valence-corrected chi connectivity index (χ1v) is 9.85. The summed E-state index contributed by atoms with van der Waals surface area (Å²) in [6, 6.07) is 3.11. The lowest BCUT2D eigenvalue weighted by Gasteiger charge is -2.22. The first-order chi connectivity index (χ1) is 13.3. The Morgan fingerprint density at radius 2 is 2.07 bits per heavy atom. The van der Waals surface area contributed by atoms with Crippen LogP contribution in [0.5, 0.6) is 0 Å². The molecular formula is C20H24F4N2O2. The highest BCUT2D eigenvalue weighted by molar-refractivity contribution is 5.68. The zero-order valence-electron chi connectivity index (χ0n) is 15.4. The number of hydrogen-bond donors (Lipinski definition) is 2. The third-order valence-corrected chi connectivity index (χ3v) is 6.05. The van der Waals surface area contributed by atoms with Gasteiger partial charge in [-0.25, -0.2) is 9.18 Å². The Kier molecular flexibility index (Phi) is 5.02. The van der Waals surface area contributed by atoms with E-state index in [9.17, 15) is 22.4 Å². The minimum Gasteiger partial charge on any atom is -0.438 e. The Labute approximate surface area is 161 Å². The molecule has 0 bridgehead atoms. The van der Waals surface area contributed by atoms with Gasteiger partial charge in [-0.2, -0.15) is 13.2 Å². The molecule has 2 saturated carbocycles. The lowest BCUT2D eigenvalue weighted by molar-refractivity contribution is -0.140. The standard InChI is InChI=1S/C20H24F4N2O2/c21-17-6-5-13(9-16(17)20(22,23)24)19(10-14(19)8-12-3-4-12)28-18(27)26-11-15-2-1-7-25-15/h5-6,9,12,14-15,25H,1-4,7-8,10-11H2,(H,26,27)/t14?,15?,19-/m1/s1. The van der Waals surface area contributed by atoms with Crippen LogP contribution in [-0.2, 0) is 16.5 Å². The van der Waals surface area contributed by atoms with Crippen molar-refractivity contribution >= 4 is 6.09 Å². The topological polar surface area (TPSA) is 50.4 Å². The summed E-state index contributed by atoms with van der Waals surface area (Å²) >= 11 is 0. The second-order valence-electron chi connectivity index (χ2n) is 8.23. The van der Waals surface area contributed by atoms with Crippen LogP contribution in [0, 0.1) is 17.7 Å². The zero-order chi connectivity index (χ0) is 19.9. The van der Waals surface area contributed by atoms with Crippen LogP contribution in [0.4, 0.5) is 22.4 Å². The van der Waals surface area contributed by atoms with E-state index < -0.39 is 29.3 Å². The summed E-state index contributed by atoms with van der Waals surface area (Å²) in [4.78, 5) is 12.4. The first-order valence-electron chi connectivity index (χ1n) is 9.85. The summed E-state index contributed by atoms with van der Waals surface area (Å²) in [5, 5.41) is 5.97. The summed E-state index contributed by atoms with van der Waals surface area (Å²) < 4.78 is 58.8. The molecule has 3 atom stereocenters. The van der Waals surface area contributed by atoms with Crippen molar-refractivity contribution in [3.8, 4) is 0 Å². The second-order valence-corrected chi connectivity index (χ2v) is 8.23. The molecule has 1 aromatic carbocycles. The fraction of sp³-hybridized carbons (Fsp3) is 0.650. The summed E-state index contributed by atoms with van der Waals surface area (Å²) in [7, 11) is 0. The van der Waals surface area contributed by atoms with Gasteiger partial charge < -0.3 is 15.4 Å². The predicted octanol–water partition coefficient (Wildman–Crippen LogP) is 4.34. The normalized spacial score (nSPS) is 29.6. The molecular weight excluding hydrogens is 376 g/mol. The zero-order valence-corrected chi connectivity index (χ0v) is 15.4. The molecule has 1 saturated heterocycles. The van der Waals surface area contributed by atoms with Gasteiger partial charge in [0.1, 0.15) is 11.4 Å². The van der Waals surface area contributed by atoms with E-state index in [0.717, 1.165) is 50.8 Å². The second kappa shape index (κ2) is 7.21. The van der Waals surface area contributed by atoms with Crippen LogP contribution in [0.1, 0.15) is 49.7 Å². The van der Waals surface area contributed by atoms with E-state index >= 15 is 0 Å². The maximum atomic E-state index is 13.7. The number of carbonyl (C=O) groups excluding carboxylic acids is 1. The molecule has 2 aliphatic carbocycles. The summed E-state index contributed by atoms with van der Waals surface area (Å²) in [5.41, 5.74) is -2.19. The van der Waals surface area contributed by atoms with E-state index in [1.807, 2.05) is 0 Å². The lowest BCUT2D eigenvalue weighted by atomic mass is 9.99. The van der Waals surface area contributed by atoms with Gasteiger partial charge in [0.25, 0.3) is 0 Å². The van der Waals surface area contributed by atoms with Crippen molar-refractivity contribution in [3.63, 3.8) is 0 Å². The fourth-order valence-electron chi connectivity index (χ4n) is 4.22. The molecule has 0 spiro atoms. The number of nitrogens with one attached hydrogen (secondary N) is 2. The summed E-state index contributed by atoms with van der Waals surface area (Å²) in [5.74, 6) is -0.798. The van der Waals surface area contributed by atoms with Gasteiger partial charge in [-0.1, -0.05) is 18.9 Å². The van der Waals surface area contributed by atoms with Gasteiger partial charge in [0.15, 0.2) is 0 Å². The molecule has 8 heteroatoms. The van der Waals surface area contributed by atoms with Gasteiger partial charge >= 0.3 is 12.3 Å². The maximum Gasteiger partial charge on any atom is 0.419 e. The molecule has 2 unspecified atom stereocenters. The Morgan fingerprint density at radius 3 is 2.71 bits per heavy atom. The van der Waals surface area contributed by atoms with Gasteiger partial charge in [-0.15, -0.1) is 0 Å². The van der Waals surface area contributed by atoms with Crippen molar-refractivity contribution in [2.45, 2.75) is 56.3 Å². The first kappa shape index (κ1) is 19.5. The van der Waals surface area contributed by atoms with Crippen molar-refractivity contribution in [2.24, 2.45) is 11.8 Å². The monoisotopic (exact) mass is 400 g/mol. The average Bonchev–Trinajstić information content (AvgIpc) is 3.51. The highest BCUT2D eigenvalue weighted by atomic mass is 19.4. The van der Waals surface area contributed by atoms with E-state index in [-0.39, 0.29) is 17.5 Å². The van der Waals surface area contributed by atoms with Crippen LogP contribution in [-0.4, -0.2) is 25.2 Å². The SMILES string of the molecule is O=C(NCC1CCCN1)O[C@@]1(c2ccc(F)c(C(F)(F)F)c2)CC1CC1CC1. The number of alkyl carbamates (subject to hydrolysis) is 1. The molecule has 3 aliphatic rings. The van der Waals surface area contributed by atoms with E-state index in [1.54, 1.807) is 0 Å². The molecule has 1 aromatic rings. The fourth-order valence-corrected chi connectivity index (χ4v) is 4.22. The average molecular weight is 400 g/mol. The Hall–Kier alpha value is -1.83. The van der Waals surface area contributed by atoms with Crippen LogP contribution in [0.15, 0.2) is 18.2 Å². The molecule has 1 amide bonds. The lowest BCUT2D eigenvalue weighted by Crippen LogP contribution is -2.39. The predicted molar refractivity (Wildman–Crippen MR) is 94.0 cm³/mol. The number of halogens is 4. The van der Waals surface area contributed by atoms with E-state index in [1.165, 1.54) is 6.07 Å². The number of rotatable bonds is 6. The van der Waals surface area contributed by atoms with Crippen LogP contribution >= 0.6 is 0 Å². The highest BCUT2D eigenvalue weighted by Gasteiger charge is 2.60. The highest BCUT2D eigenvalue weighted by Crippen LogP contribution is 2.60.